The minimum atomic E-state index is 0.537. The molecule has 0 aliphatic rings. The van der Waals surface area contributed by atoms with Crippen LogP contribution in [0.3, 0.4) is 0 Å². The highest BCUT2D eigenvalue weighted by Gasteiger charge is 2.09. The van der Waals surface area contributed by atoms with Gasteiger partial charge in [0.05, 0.1) is 11.8 Å². The van der Waals surface area contributed by atoms with E-state index in [0.717, 1.165) is 17.1 Å². The summed E-state index contributed by atoms with van der Waals surface area (Å²) in [5.41, 5.74) is 6.11. The third kappa shape index (κ3) is 2.60. The van der Waals surface area contributed by atoms with Crippen molar-refractivity contribution in [2.45, 2.75) is 33.6 Å². The zero-order chi connectivity index (χ0) is 13.1. The molecule has 3 heteroatoms. The highest BCUT2D eigenvalue weighted by atomic mass is 32.1. The summed E-state index contributed by atoms with van der Waals surface area (Å²) in [6.07, 6.45) is 1.28. The lowest BCUT2D eigenvalue weighted by atomic mass is 10.0. The topological polar surface area (TPSA) is 36.7 Å². The Morgan fingerprint density at radius 2 is 1.89 bits per heavy atom. The first-order chi connectivity index (χ1) is 8.61. The van der Waals surface area contributed by atoms with Gasteiger partial charge >= 0.3 is 0 Å². The van der Waals surface area contributed by atoms with E-state index in [9.17, 15) is 0 Å². The van der Waals surface area contributed by atoms with E-state index in [4.69, 9.17) is 5.26 Å². The first-order valence-corrected chi connectivity index (χ1v) is 6.89. The van der Waals surface area contributed by atoms with Crippen LogP contribution in [0.25, 0.3) is 10.6 Å². The molecule has 0 radical (unpaired) electrons. The van der Waals surface area contributed by atoms with E-state index in [1.807, 2.05) is 0 Å². The minimum Gasteiger partial charge on any atom is -0.241 e. The zero-order valence-electron chi connectivity index (χ0n) is 10.9. The van der Waals surface area contributed by atoms with Gasteiger partial charge in [-0.3, -0.25) is 0 Å². The predicted octanol–water partition coefficient (Wildman–Crippen LogP) is 4.19. The summed E-state index contributed by atoms with van der Waals surface area (Å²) in [5, 5.41) is 11.7. The van der Waals surface area contributed by atoms with Gasteiger partial charge in [-0.1, -0.05) is 6.07 Å². The Hall–Kier alpha value is -1.66. The van der Waals surface area contributed by atoms with E-state index in [1.165, 1.54) is 22.3 Å². The fourth-order valence-electron chi connectivity index (χ4n) is 1.92. The Kier molecular flexibility index (Phi) is 3.78. The maximum absolute atomic E-state index is 8.59. The highest BCUT2D eigenvalue weighted by molar-refractivity contribution is 7.13. The molecule has 0 aliphatic carbocycles. The summed E-state index contributed by atoms with van der Waals surface area (Å²) in [4.78, 5) is 4.62. The molecular formula is C15H16N2S. The van der Waals surface area contributed by atoms with Crippen LogP contribution >= 0.6 is 11.3 Å². The summed E-state index contributed by atoms with van der Waals surface area (Å²) in [6.45, 7) is 6.38. The second kappa shape index (κ2) is 5.32. The number of benzene rings is 1. The predicted molar refractivity (Wildman–Crippen MR) is 75.7 cm³/mol. The van der Waals surface area contributed by atoms with Gasteiger partial charge in [-0.15, -0.1) is 11.3 Å². The SMILES string of the molecule is Cc1cc(C)c(-c2nc(CCC#N)cs2)cc1C. The third-order valence-electron chi connectivity index (χ3n) is 3.12. The van der Waals surface area contributed by atoms with E-state index in [0.29, 0.717) is 6.42 Å². The molecule has 0 bridgehead atoms. The quantitative estimate of drug-likeness (QED) is 0.825. The number of aromatic nitrogens is 1. The highest BCUT2D eigenvalue weighted by Crippen LogP contribution is 2.29. The van der Waals surface area contributed by atoms with Crippen LogP contribution in [0, 0.1) is 32.1 Å². The smallest absolute Gasteiger partial charge is 0.123 e. The minimum absolute atomic E-state index is 0.537. The van der Waals surface area contributed by atoms with Crippen LogP contribution in [0.1, 0.15) is 28.8 Å². The summed E-state index contributed by atoms with van der Waals surface area (Å²) < 4.78 is 0. The maximum atomic E-state index is 8.59. The molecule has 0 atom stereocenters. The molecule has 2 rings (SSSR count). The summed E-state index contributed by atoms with van der Waals surface area (Å²) in [5.74, 6) is 0. The lowest BCUT2D eigenvalue weighted by molar-refractivity contribution is 0.968. The summed E-state index contributed by atoms with van der Waals surface area (Å²) in [6, 6.07) is 6.57. The molecular weight excluding hydrogens is 240 g/mol. The lowest BCUT2D eigenvalue weighted by Gasteiger charge is -2.07. The number of aryl methyl sites for hydroxylation is 4. The number of nitrogens with zero attached hydrogens (tertiary/aromatic N) is 2. The lowest BCUT2D eigenvalue weighted by Crippen LogP contribution is -1.89. The van der Waals surface area contributed by atoms with Crippen molar-refractivity contribution in [2.24, 2.45) is 0 Å². The van der Waals surface area contributed by atoms with Crippen molar-refractivity contribution in [3.05, 3.63) is 39.9 Å². The monoisotopic (exact) mass is 256 g/mol. The molecule has 0 saturated heterocycles. The molecule has 92 valence electrons. The molecule has 1 aromatic heterocycles. The van der Waals surface area contributed by atoms with Crippen molar-refractivity contribution in [1.29, 1.82) is 5.26 Å². The largest absolute Gasteiger partial charge is 0.241 e. The van der Waals surface area contributed by atoms with Gasteiger partial charge in [0.1, 0.15) is 5.01 Å². The van der Waals surface area contributed by atoms with Gasteiger partial charge in [0.25, 0.3) is 0 Å². The second-order valence-corrected chi connectivity index (χ2v) is 5.41. The van der Waals surface area contributed by atoms with Crippen LogP contribution < -0.4 is 0 Å². The molecule has 2 nitrogen and oxygen atoms in total. The van der Waals surface area contributed by atoms with Crippen molar-refractivity contribution in [3.8, 4) is 16.6 Å². The Labute approximate surface area is 112 Å². The first kappa shape index (κ1) is 12.8. The molecule has 0 spiro atoms. The average Bonchev–Trinajstić information content (AvgIpc) is 2.79. The van der Waals surface area contributed by atoms with E-state index in [1.54, 1.807) is 11.3 Å². The molecule has 18 heavy (non-hydrogen) atoms. The molecule has 0 aliphatic heterocycles. The number of rotatable bonds is 3. The van der Waals surface area contributed by atoms with Crippen molar-refractivity contribution in [3.63, 3.8) is 0 Å². The van der Waals surface area contributed by atoms with E-state index in [-0.39, 0.29) is 0 Å². The Balaban J connectivity index is 2.34. The van der Waals surface area contributed by atoms with Crippen LogP contribution in [0.2, 0.25) is 0 Å². The van der Waals surface area contributed by atoms with Crippen molar-refractivity contribution >= 4 is 11.3 Å². The van der Waals surface area contributed by atoms with Gasteiger partial charge < -0.3 is 0 Å². The van der Waals surface area contributed by atoms with Crippen molar-refractivity contribution < 1.29 is 0 Å². The Bertz CT molecular complexity index is 605. The molecule has 0 fully saturated rings. The standard InChI is InChI=1S/C15H16N2S/c1-10-7-12(3)14(8-11(10)2)15-17-13(9-18-15)5-4-6-16/h7-9H,4-5H2,1-3H3. The molecule has 0 N–H and O–H groups in total. The van der Waals surface area contributed by atoms with Gasteiger partial charge in [0.15, 0.2) is 0 Å². The Morgan fingerprint density at radius 3 is 2.61 bits per heavy atom. The maximum Gasteiger partial charge on any atom is 0.123 e. The summed E-state index contributed by atoms with van der Waals surface area (Å²) >= 11 is 1.66. The number of thiazole rings is 1. The van der Waals surface area contributed by atoms with Crippen molar-refractivity contribution in [1.82, 2.24) is 4.98 Å². The van der Waals surface area contributed by atoms with Crippen LogP contribution in [-0.4, -0.2) is 4.98 Å². The number of nitriles is 1. The van der Waals surface area contributed by atoms with Crippen LogP contribution in [0.4, 0.5) is 0 Å². The van der Waals surface area contributed by atoms with Crippen LogP contribution in [0.15, 0.2) is 17.5 Å². The molecule has 0 amide bonds. The fourth-order valence-corrected chi connectivity index (χ4v) is 2.86. The molecule has 2 aromatic rings. The Morgan fingerprint density at radius 1 is 1.17 bits per heavy atom. The van der Waals surface area contributed by atoms with Crippen molar-refractivity contribution in [2.75, 3.05) is 0 Å². The van der Waals surface area contributed by atoms with E-state index >= 15 is 0 Å². The average molecular weight is 256 g/mol. The van der Waals surface area contributed by atoms with Gasteiger partial charge in [-0.2, -0.15) is 5.26 Å². The second-order valence-electron chi connectivity index (χ2n) is 4.55. The molecule has 0 saturated carbocycles. The zero-order valence-corrected chi connectivity index (χ0v) is 11.8. The van der Waals surface area contributed by atoms with Gasteiger partial charge in [-0.05, 0) is 43.5 Å². The number of hydrogen-bond donors (Lipinski definition) is 0. The normalized spacial score (nSPS) is 10.3. The van der Waals surface area contributed by atoms with E-state index < -0.39 is 0 Å². The molecule has 1 heterocycles. The van der Waals surface area contributed by atoms with Gasteiger partial charge in [0.2, 0.25) is 0 Å². The van der Waals surface area contributed by atoms with Gasteiger partial charge in [-0.25, -0.2) is 4.98 Å². The summed E-state index contributed by atoms with van der Waals surface area (Å²) in [7, 11) is 0. The number of hydrogen-bond acceptors (Lipinski definition) is 3. The fraction of sp³-hybridized carbons (Fsp3) is 0.333. The van der Waals surface area contributed by atoms with Crippen LogP contribution in [-0.2, 0) is 6.42 Å². The van der Waals surface area contributed by atoms with Gasteiger partial charge in [0, 0.05) is 23.8 Å². The van der Waals surface area contributed by atoms with Crippen LogP contribution in [0.5, 0.6) is 0 Å². The first-order valence-electron chi connectivity index (χ1n) is 6.01. The third-order valence-corrected chi connectivity index (χ3v) is 4.04. The molecule has 1 aromatic carbocycles. The van der Waals surface area contributed by atoms with E-state index in [2.05, 4.69) is 49.3 Å². The molecule has 0 unspecified atom stereocenters.